The molecule has 4 atom stereocenters. The summed E-state index contributed by atoms with van der Waals surface area (Å²) in [7, 11) is 7.63. The van der Waals surface area contributed by atoms with Crippen LogP contribution in [-0.2, 0) is 22.4 Å². The van der Waals surface area contributed by atoms with Crippen LogP contribution in [0, 0.1) is 47.9 Å². The molecule has 0 radical (unpaired) electrons. The number of halogens is 4. The number of carboxylic acid groups (broad SMARTS) is 1. The van der Waals surface area contributed by atoms with E-state index in [1.165, 1.54) is 30.5 Å². The standard InChI is InChI=1S/C25H34F2N4O2.C13H20FN3O.C12H16FNO2/c1-15-16(7-8-20(23(15)27)24(28)33)10-19(31(5)6)14-30-22(32)11-21(25(2,3)4)17-9-18(26)13-29-12-17;1-8-9(6-10(7-15)17(2)3)4-5-11(12(8)14)13(16)18;1-12(2,3)10(5-11(15)16)8-4-9(13)7-14-6-8/h7-9,12-13,19,21H,10-11,14H2,1-6H3,(H2,28,33)(H,30,32);4-5,10H,6-7,15H2,1-3H3,(H2,16,18);4,6-7,10H,5H2,1-3H3,(H,15,16)/t19-,21-;2*10-/m000/s1. The number of aliphatic carboxylic acids is 1. The quantitative estimate of drug-likeness (QED) is 0.0680. The maximum atomic E-state index is 14.5. The van der Waals surface area contributed by atoms with Crippen molar-refractivity contribution in [3.8, 4) is 0 Å². The number of nitrogens with zero attached hydrogens (tertiary/aromatic N) is 4. The van der Waals surface area contributed by atoms with E-state index in [0.717, 1.165) is 23.5 Å². The summed E-state index contributed by atoms with van der Waals surface area (Å²) in [6.07, 6.45) is 6.68. The lowest BCUT2D eigenvalue weighted by molar-refractivity contribution is -0.138. The molecule has 4 rings (SSSR count). The van der Waals surface area contributed by atoms with Crippen LogP contribution in [0.3, 0.4) is 0 Å². The van der Waals surface area contributed by atoms with Gasteiger partial charge in [0, 0.05) is 49.9 Å². The van der Waals surface area contributed by atoms with Gasteiger partial charge in [-0.15, -0.1) is 0 Å². The van der Waals surface area contributed by atoms with Gasteiger partial charge in [0.2, 0.25) is 5.91 Å². The first kappa shape index (κ1) is 57.3. The molecule has 0 aliphatic rings. The predicted molar refractivity (Wildman–Crippen MR) is 253 cm³/mol. The number of pyridine rings is 2. The first-order valence-corrected chi connectivity index (χ1v) is 21.9. The summed E-state index contributed by atoms with van der Waals surface area (Å²) < 4.78 is 55.2. The lowest BCUT2D eigenvalue weighted by Crippen LogP contribution is -2.42. The number of carboxylic acids is 1. The van der Waals surface area contributed by atoms with Gasteiger partial charge in [-0.3, -0.25) is 29.1 Å². The van der Waals surface area contributed by atoms with Crippen LogP contribution >= 0.6 is 0 Å². The number of benzene rings is 2. The van der Waals surface area contributed by atoms with Crippen LogP contribution in [0.4, 0.5) is 17.6 Å². The van der Waals surface area contributed by atoms with Gasteiger partial charge in [-0.05, 0) is 129 Å². The molecule has 13 nitrogen and oxygen atoms in total. The fraction of sp³-hybridized carbons (Fsp3) is 0.480. The molecule has 3 amide bonds. The first-order chi connectivity index (χ1) is 31.0. The van der Waals surface area contributed by atoms with E-state index in [9.17, 15) is 36.7 Å². The molecule has 0 bridgehead atoms. The molecule has 8 N–H and O–H groups in total. The number of hydrogen-bond acceptors (Lipinski definition) is 9. The van der Waals surface area contributed by atoms with Crippen LogP contribution in [0.2, 0.25) is 0 Å². The maximum Gasteiger partial charge on any atom is 0.303 e. The number of carbonyl (C=O) groups is 4. The largest absolute Gasteiger partial charge is 0.481 e. The van der Waals surface area contributed by atoms with Crippen molar-refractivity contribution in [3.05, 3.63) is 129 Å². The van der Waals surface area contributed by atoms with E-state index in [0.29, 0.717) is 48.2 Å². The smallest absolute Gasteiger partial charge is 0.303 e. The highest BCUT2D eigenvalue weighted by Gasteiger charge is 2.31. The third-order valence-electron chi connectivity index (χ3n) is 11.8. The molecule has 368 valence electrons. The fourth-order valence-corrected chi connectivity index (χ4v) is 7.44. The fourth-order valence-electron chi connectivity index (χ4n) is 7.44. The van der Waals surface area contributed by atoms with Gasteiger partial charge in [0.15, 0.2) is 0 Å². The molecule has 0 saturated carbocycles. The molecule has 0 fully saturated rings. The van der Waals surface area contributed by atoms with Gasteiger partial charge in [-0.1, -0.05) is 53.7 Å². The van der Waals surface area contributed by atoms with Crippen molar-refractivity contribution < 1.29 is 41.8 Å². The Morgan fingerprint density at radius 1 is 0.657 bits per heavy atom. The Bertz CT molecular complexity index is 2310. The van der Waals surface area contributed by atoms with Crippen LogP contribution < -0.4 is 22.5 Å². The minimum atomic E-state index is -0.885. The predicted octanol–water partition coefficient (Wildman–Crippen LogP) is 7.07. The van der Waals surface area contributed by atoms with Crippen LogP contribution in [-0.4, -0.2) is 102 Å². The second-order valence-corrected chi connectivity index (χ2v) is 19.3. The number of nitrogens with one attached hydrogen (secondary N) is 1. The number of likely N-dealkylation sites (N-methyl/N-ethyl adjacent to an activating group) is 2. The molecule has 2 heterocycles. The van der Waals surface area contributed by atoms with Crippen molar-refractivity contribution in [1.29, 1.82) is 0 Å². The second kappa shape index (κ2) is 25.4. The summed E-state index contributed by atoms with van der Waals surface area (Å²) in [5.74, 6) is -5.05. The van der Waals surface area contributed by atoms with Gasteiger partial charge >= 0.3 is 5.97 Å². The summed E-state index contributed by atoms with van der Waals surface area (Å²) in [4.78, 5) is 57.7. The molecule has 0 aliphatic carbocycles. The molecule has 17 heteroatoms. The van der Waals surface area contributed by atoms with Crippen molar-refractivity contribution in [2.24, 2.45) is 28.0 Å². The third kappa shape index (κ3) is 17.8. The maximum absolute atomic E-state index is 14.5. The topological polar surface area (TPSA) is 211 Å². The average molecular weight is 939 g/mol. The Morgan fingerprint density at radius 2 is 1.04 bits per heavy atom. The van der Waals surface area contributed by atoms with Crippen LogP contribution in [0.15, 0.2) is 61.2 Å². The molecule has 2 aromatic carbocycles. The first-order valence-electron chi connectivity index (χ1n) is 21.9. The number of aromatic nitrogens is 2. The van der Waals surface area contributed by atoms with Crippen molar-refractivity contribution in [3.63, 3.8) is 0 Å². The summed E-state index contributed by atoms with van der Waals surface area (Å²) in [5.41, 5.74) is 19.0. The lowest BCUT2D eigenvalue weighted by atomic mass is 9.75. The Hall–Kier alpha value is -5.78. The number of amides is 3. The number of hydrogen-bond donors (Lipinski definition) is 5. The zero-order valence-electron chi connectivity index (χ0n) is 40.9. The highest BCUT2D eigenvalue weighted by molar-refractivity contribution is 5.94. The van der Waals surface area contributed by atoms with Crippen LogP contribution in [0.25, 0.3) is 0 Å². The van der Waals surface area contributed by atoms with E-state index < -0.39 is 41.1 Å². The Kier molecular flexibility index (Phi) is 21.7. The molecule has 0 aliphatic heterocycles. The van der Waals surface area contributed by atoms with Crippen molar-refractivity contribution in [2.45, 2.75) is 105 Å². The Morgan fingerprint density at radius 3 is 1.37 bits per heavy atom. The molecule has 0 spiro atoms. The zero-order valence-corrected chi connectivity index (χ0v) is 40.9. The minimum Gasteiger partial charge on any atom is -0.481 e. The summed E-state index contributed by atoms with van der Waals surface area (Å²) >= 11 is 0. The van der Waals surface area contributed by atoms with Gasteiger partial charge in [0.1, 0.15) is 23.3 Å². The molecule has 0 unspecified atom stereocenters. The molecular weight excluding hydrogens is 869 g/mol. The van der Waals surface area contributed by atoms with Gasteiger partial charge < -0.3 is 37.4 Å². The van der Waals surface area contributed by atoms with Gasteiger partial charge in [-0.25, -0.2) is 17.6 Å². The molecule has 0 saturated heterocycles. The normalized spacial score (nSPS) is 13.4. The zero-order chi connectivity index (χ0) is 51.1. The second-order valence-electron chi connectivity index (χ2n) is 19.3. The van der Waals surface area contributed by atoms with Crippen molar-refractivity contribution >= 4 is 23.7 Å². The van der Waals surface area contributed by atoms with Crippen molar-refractivity contribution in [2.75, 3.05) is 41.3 Å². The number of carbonyl (C=O) groups excluding carboxylic acids is 3. The van der Waals surface area contributed by atoms with Gasteiger partial charge in [-0.2, -0.15) is 0 Å². The SMILES string of the molecule is CC(C)(C)[C@@H](CC(=O)O)c1cncc(F)c1.Cc1c(C[C@@H](CN)N(C)C)ccc(C(N)=O)c1F.Cc1c(C[C@@H](CNC(=O)C[C@@H](c2cncc(F)c2)C(C)(C)C)N(C)C)ccc(C(N)=O)c1F. The highest BCUT2D eigenvalue weighted by atomic mass is 19.1. The summed E-state index contributed by atoms with van der Waals surface area (Å²) in [6.45, 7) is 15.9. The third-order valence-corrected chi connectivity index (χ3v) is 11.8. The monoisotopic (exact) mass is 939 g/mol. The minimum absolute atomic E-state index is 0.0192. The van der Waals surface area contributed by atoms with Crippen LogP contribution in [0.1, 0.15) is 120 Å². The number of rotatable bonds is 17. The van der Waals surface area contributed by atoms with E-state index in [1.54, 1.807) is 32.2 Å². The van der Waals surface area contributed by atoms with Crippen molar-refractivity contribution in [1.82, 2.24) is 25.1 Å². The number of primary amides is 2. The Labute approximate surface area is 392 Å². The highest BCUT2D eigenvalue weighted by Crippen LogP contribution is 2.38. The average Bonchev–Trinajstić information content (AvgIpc) is 3.21. The molecule has 2 aromatic heterocycles. The lowest BCUT2D eigenvalue weighted by Gasteiger charge is -2.31. The summed E-state index contributed by atoms with van der Waals surface area (Å²) in [5, 5.41) is 11.8. The van der Waals surface area contributed by atoms with E-state index >= 15 is 0 Å². The van der Waals surface area contributed by atoms with Gasteiger partial charge in [0.05, 0.1) is 29.9 Å². The van der Waals surface area contributed by atoms with E-state index in [1.807, 2.05) is 79.5 Å². The molecule has 67 heavy (non-hydrogen) atoms. The summed E-state index contributed by atoms with van der Waals surface area (Å²) in [6, 6.07) is 9.08. The molecule has 4 aromatic rings. The Balaban J connectivity index is 0.000000381. The van der Waals surface area contributed by atoms with Gasteiger partial charge in [0.25, 0.3) is 11.8 Å². The van der Waals surface area contributed by atoms with Crippen LogP contribution in [0.5, 0.6) is 0 Å². The molecular formula is C50H70F4N8O5. The van der Waals surface area contributed by atoms with E-state index in [4.69, 9.17) is 22.3 Å². The number of nitrogens with two attached hydrogens (primary N) is 3. The van der Waals surface area contributed by atoms with E-state index in [2.05, 4.69) is 15.3 Å². The van der Waals surface area contributed by atoms with E-state index in [-0.39, 0.29) is 64.6 Å².